The van der Waals surface area contributed by atoms with Crippen LogP contribution in [0.15, 0.2) is 76.1 Å². The van der Waals surface area contributed by atoms with Gasteiger partial charge in [0.25, 0.3) is 10.0 Å². The molecule has 0 aliphatic carbocycles. The van der Waals surface area contributed by atoms with E-state index in [0.717, 1.165) is 5.56 Å². The van der Waals surface area contributed by atoms with Crippen molar-refractivity contribution in [3.8, 4) is 5.75 Å². The number of sulfonamides is 1. The van der Waals surface area contributed by atoms with Crippen LogP contribution in [0.1, 0.15) is 21.5 Å². The molecule has 0 saturated carbocycles. The normalized spacial score (nSPS) is 11.2. The number of halogens is 1. The van der Waals surface area contributed by atoms with Crippen LogP contribution in [0.3, 0.4) is 0 Å². The first kappa shape index (κ1) is 21.9. The van der Waals surface area contributed by atoms with Gasteiger partial charge in [0.05, 0.1) is 34.3 Å². The third-order valence-corrected chi connectivity index (χ3v) is 6.95. The summed E-state index contributed by atoms with van der Waals surface area (Å²) in [5, 5.41) is 9.09. The second-order valence-electron chi connectivity index (χ2n) is 6.65. The van der Waals surface area contributed by atoms with E-state index in [0.29, 0.717) is 21.5 Å². The zero-order valence-electron chi connectivity index (χ0n) is 16.4. The van der Waals surface area contributed by atoms with Crippen molar-refractivity contribution in [2.45, 2.75) is 18.4 Å². The average molecular weight is 490 g/mol. The lowest BCUT2D eigenvalue weighted by Gasteiger charge is -2.25. The van der Waals surface area contributed by atoms with Gasteiger partial charge in [-0.3, -0.25) is 4.31 Å². The van der Waals surface area contributed by atoms with Crippen LogP contribution in [-0.2, 0) is 16.6 Å². The predicted molar refractivity (Wildman–Crippen MR) is 119 cm³/mol. The minimum Gasteiger partial charge on any atom is -0.496 e. The maximum absolute atomic E-state index is 13.5. The molecule has 0 radical (unpaired) electrons. The van der Waals surface area contributed by atoms with Gasteiger partial charge in [0.2, 0.25) is 0 Å². The molecule has 6 nitrogen and oxygen atoms in total. The Bertz CT molecular complexity index is 1160. The van der Waals surface area contributed by atoms with Crippen molar-refractivity contribution in [3.63, 3.8) is 0 Å². The molecule has 3 rings (SSSR count). The van der Waals surface area contributed by atoms with Crippen LogP contribution in [0, 0.1) is 6.92 Å². The van der Waals surface area contributed by atoms with Gasteiger partial charge in [-0.15, -0.1) is 0 Å². The minimum absolute atomic E-state index is 0.0505. The maximum Gasteiger partial charge on any atom is 0.335 e. The average Bonchev–Trinajstić information content (AvgIpc) is 2.73. The summed E-state index contributed by atoms with van der Waals surface area (Å²) in [6, 6.07) is 17.9. The Balaban J connectivity index is 2.05. The smallest absolute Gasteiger partial charge is 0.335 e. The van der Waals surface area contributed by atoms with E-state index in [-0.39, 0.29) is 17.0 Å². The number of carboxylic acid groups (broad SMARTS) is 1. The Labute approximate surface area is 183 Å². The summed E-state index contributed by atoms with van der Waals surface area (Å²) < 4.78 is 34.1. The number of carbonyl (C=O) groups is 1. The molecule has 0 bridgehead atoms. The molecule has 0 aliphatic rings. The fourth-order valence-electron chi connectivity index (χ4n) is 2.88. The molecule has 0 heterocycles. The zero-order chi connectivity index (χ0) is 21.9. The first-order chi connectivity index (χ1) is 14.2. The Morgan fingerprint density at radius 2 is 1.67 bits per heavy atom. The van der Waals surface area contributed by atoms with Crippen molar-refractivity contribution < 1.29 is 23.1 Å². The summed E-state index contributed by atoms with van der Waals surface area (Å²) in [7, 11) is -2.40. The molecule has 3 aromatic carbocycles. The molecule has 0 aliphatic heterocycles. The highest BCUT2D eigenvalue weighted by atomic mass is 79.9. The molecule has 1 N–H and O–H groups in total. The second-order valence-corrected chi connectivity index (χ2v) is 9.36. The number of aryl methyl sites for hydroxylation is 1. The van der Waals surface area contributed by atoms with Crippen LogP contribution >= 0.6 is 15.9 Å². The molecule has 8 heteroatoms. The van der Waals surface area contributed by atoms with E-state index >= 15 is 0 Å². The van der Waals surface area contributed by atoms with Crippen molar-refractivity contribution in [3.05, 3.63) is 87.9 Å². The highest BCUT2D eigenvalue weighted by molar-refractivity contribution is 9.10. The first-order valence-electron chi connectivity index (χ1n) is 8.97. The van der Waals surface area contributed by atoms with Gasteiger partial charge in [-0.1, -0.05) is 29.8 Å². The van der Waals surface area contributed by atoms with Gasteiger partial charge in [0.1, 0.15) is 5.75 Å². The van der Waals surface area contributed by atoms with E-state index in [9.17, 15) is 13.2 Å². The zero-order valence-corrected chi connectivity index (χ0v) is 18.8. The molecule has 0 atom stereocenters. The molecular formula is C22H20BrNO5S. The van der Waals surface area contributed by atoms with E-state index in [2.05, 4.69) is 15.9 Å². The summed E-state index contributed by atoms with van der Waals surface area (Å²) in [5.41, 5.74) is 2.32. The lowest BCUT2D eigenvalue weighted by molar-refractivity contribution is 0.0697. The fourth-order valence-corrected chi connectivity index (χ4v) is 5.05. The van der Waals surface area contributed by atoms with Crippen molar-refractivity contribution >= 4 is 37.6 Å². The lowest BCUT2D eigenvalue weighted by atomic mass is 10.1. The van der Waals surface area contributed by atoms with Crippen molar-refractivity contribution in [1.29, 1.82) is 0 Å². The monoisotopic (exact) mass is 489 g/mol. The highest BCUT2D eigenvalue weighted by Gasteiger charge is 2.26. The molecular weight excluding hydrogens is 470 g/mol. The topological polar surface area (TPSA) is 83.9 Å². The number of anilines is 1. The number of benzene rings is 3. The summed E-state index contributed by atoms with van der Waals surface area (Å²) in [6.07, 6.45) is 0. The highest BCUT2D eigenvalue weighted by Crippen LogP contribution is 2.31. The number of nitrogens with zero attached hydrogens (tertiary/aromatic N) is 1. The molecule has 156 valence electrons. The summed E-state index contributed by atoms with van der Waals surface area (Å²) in [5.74, 6) is -0.507. The SMILES string of the molecule is COc1ccc(S(=O)(=O)N(Cc2ccc(C(=O)O)cc2)c2ccc(C)cc2)cc1Br. The second kappa shape index (κ2) is 8.89. The van der Waals surface area contributed by atoms with Crippen molar-refractivity contribution in [2.75, 3.05) is 11.4 Å². The molecule has 0 aromatic heterocycles. The van der Waals surface area contributed by atoms with E-state index in [1.165, 1.54) is 35.7 Å². The predicted octanol–water partition coefficient (Wildman–Crippen LogP) is 4.86. The van der Waals surface area contributed by atoms with Crippen LogP contribution < -0.4 is 9.04 Å². The number of hydrogen-bond acceptors (Lipinski definition) is 4. The minimum atomic E-state index is -3.91. The van der Waals surface area contributed by atoms with Crippen LogP contribution in [0.5, 0.6) is 5.75 Å². The summed E-state index contributed by atoms with van der Waals surface area (Å²) in [6.45, 7) is 1.97. The summed E-state index contributed by atoms with van der Waals surface area (Å²) >= 11 is 3.34. The van der Waals surface area contributed by atoms with Crippen LogP contribution in [0.4, 0.5) is 5.69 Å². The molecule has 0 amide bonds. The molecule has 0 unspecified atom stereocenters. The Kier molecular flexibility index (Phi) is 6.48. The number of rotatable bonds is 7. The molecule has 30 heavy (non-hydrogen) atoms. The van der Waals surface area contributed by atoms with Gasteiger partial charge in [-0.2, -0.15) is 0 Å². The summed E-state index contributed by atoms with van der Waals surface area (Å²) in [4.78, 5) is 11.2. The van der Waals surface area contributed by atoms with E-state index in [1.807, 2.05) is 19.1 Å². The molecule has 0 saturated heterocycles. The molecule has 0 spiro atoms. The van der Waals surface area contributed by atoms with Crippen molar-refractivity contribution in [2.24, 2.45) is 0 Å². The van der Waals surface area contributed by atoms with Crippen molar-refractivity contribution in [1.82, 2.24) is 0 Å². The Hall–Kier alpha value is -2.84. The number of methoxy groups -OCH3 is 1. The standard InChI is InChI=1S/C22H20BrNO5S/c1-15-3-9-18(10-4-15)24(14-16-5-7-17(8-6-16)22(25)26)30(27,28)19-11-12-21(29-2)20(23)13-19/h3-13H,14H2,1-2H3,(H,25,26). The molecule has 0 fully saturated rings. The van der Waals surface area contributed by atoms with Crippen LogP contribution in [0.25, 0.3) is 0 Å². The largest absolute Gasteiger partial charge is 0.496 e. The van der Waals surface area contributed by atoms with Gasteiger partial charge >= 0.3 is 5.97 Å². The van der Waals surface area contributed by atoms with Gasteiger partial charge in [0.15, 0.2) is 0 Å². The molecule has 3 aromatic rings. The van der Waals surface area contributed by atoms with E-state index in [1.54, 1.807) is 30.3 Å². The van der Waals surface area contributed by atoms with Crippen LogP contribution in [0.2, 0.25) is 0 Å². The third kappa shape index (κ3) is 4.66. The van der Waals surface area contributed by atoms with Gasteiger partial charge < -0.3 is 9.84 Å². The fraction of sp³-hybridized carbons (Fsp3) is 0.136. The Morgan fingerprint density at radius 3 is 2.20 bits per heavy atom. The van der Waals surface area contributed by atoms with Gasteiger partial charge in [-0.25, -0.2) is 13.2 Å². The quantitative estimate of drug-likeness (QED) is 0.512. The number of ether oxygens (including phenoxy) is 1. The van der Waals surface area contributed by atoms with Gasteiger partial charge in [0, 0.05) is 0 Å². The first-order valence-corrected chi connectivity index (χ1v) is 11.2. The number of hydrogen-bond donors (Lipinski definition) is 1. The lowest BCUT2D eigenvalue weighted by Crippen LogP contribution is -2.30. The Morgan fingerprint density at radius 1 is 1.03 bits per heavy atom. The third-order valence-electron chi connectivity index (χ3n) is 4.56. The van der Waals surface area contributed by atoms with E-state index < -0.39 is 16.0 Å². The maximum atomic E-state index is 13.5. The number of carboxylic acids is 1. The van der Waals surface area contributed by atoms with E-state index in [4.69, 9.17) is 9.84 Å². The number of aromatic carboxylic acids is 1. The van der Waals surface area contributed by atoms with Crippen LogP contribution in [-0.4, -0.2) is 26.6 Å². The van der Waals surface area contributed by atoms with Gasteiger partial charge in [-0.05, 0) is 70.9 Å².